The zero-order valence-corrected chi connectivity index (χ0v) is 19.6. The lowest BCUT2D eigenvalue weighted by Crippen LogP contribution is -2.01. The van der Waals surface area contributed by atoms with Gasteiger partial charge in [-0.15, -0.1) is 0 Å². The Morgan fingerprint density at radius 3 is 2.34 bits per heavy atom. The third-order valence-corrected chi connectivity index (χ3v) is 5.47. The molecule has 0 unspecified atom stereocenters. The highest BCUT2D eigenvalue weighted by Gasteiger charge is 2.16. The molecule has 1 aliphatic carbocycles. The van der Waals surface area contributed by atoms with Gasteiger partial charge in [0.25, 0.3) is 6.47 Å². The molecular weight excluding hydrogens is 430 g/mol. The molecule has 1 fully saturated rings. The summed E-state index contributed by atoms with van der Waals surface area (Å²) < 4.78 is 6.01. The molecule has 32 heavy (non-hydrogen) atoms. The summed E-state index contributed by atoms with van der Waals surface area (Å²) in [5.41, 5.74) is 1.26. The molecule has 1 saturated carbocycles. The predicted octanol–water partition coefficient (Wildman–Crippen LogP) is 4.48. The normalized spacial score (nSPS) is 12.7. The molecule has 4 rings (SSSR count). The molecule has 0 atom stereocenters. The maximum absolute atomic E-state index is 9.58. The van der Waals surface area contributed by atoms with Crippen LogP contribution in [-0.4, -0.2) is 45.8 Å². The van der Waals surface area contributed by atoms with Crippen LogP contribution in [0.2, 0.25) is 0 Å². The van der Waals surface area contributed by atoms with Crippen LogP contribution in [0.1, 0.15) is 63.4 Å². The monoisotopic (exact) mass is 461 g/mol. The van der Waals surface area contributed by atoms with Crippen molar-refractivity contribution in [1.29, 1.82) is 0 Å². The molecule has 3 N–H and O–H groups in total. The largest absolute Gasteiger partial charge is 0.504 e. The van der Waals surface area contributed by atoms with Crippen molar-refractivity contribution in [2.24, 2.45) is 7.05 Å². The van der Waals surface area contributed by atoms with Gasteiger partial charge in [0, 0.05) is 25.0 Å². The zero-order valence-electron chi connectivity index (χ0n) is 18.8. The van der Waals surface area contributed by atoms with E-state index in [0.717, 1.165) is 30.0 Å². The molecule has 1 aliphatic rings. The van der Waals surface area contributed by atoms with E-state index in [9.17, 15) is 5.11 Å². The molecular formula is C21H31N7O3S. The van der Waals surface area contributed by atoms with Gasteiger partial charge >= 0.3 is 0 Å². The minimum atomic E-state index is -0.250. The zero-order chi connectivity index (χ0) is 23.3. The Balaban J connectivity index is 0.000000339. The first-order chi connectivity index (χ1) is 15.5. The van der Waals surface area contributed by atoms with Crippen LogP contribution in [0.5, 0.6) is 5.75 Å². The molecule has 0 bridgehead atoms. The standard InChI is InChI=1S/C14H17N7OS.C6H12.CH2O2/c1-4-5-11-18-14(23-20-11)19-13-9(6-16-21(13)3)12-15-7-10(22)8(2)17-12;1-2-4-6-5-3-1;2-1-3/h6-7,22H,4-5H2,1-3H3,(H,18,19,20);1-6H2;1H,(H,2,3). The van der Waals surface area contributed by atoms with E-state index in [4.69, 9.17) is 9.90 Å². The van der Waals surface area contributed by atoms with E-state index in [0.29, 0.717) is 16.6 Å². The Morgan fingerprint density at radius 1 is 1.16 bits per heavy atom. The number of aromatic hydroxyl groups is 1. The number of hydrogen-bond acceptors (Lipinski definition) is 9. The lowest BCUT2D eigenvalue weighted by molar-refractivity contribution is -0.122. The summed E-state index contributed by atoms with van der Waals surface area (Å²) in [6, 6.07) is 0. The molecule has 3 aromatic rings. The van der Waals surface area contributed by atoms with Crippen molar-refractivity contribution in [2.45, 2.75) is 65.2 Å². The summed E-state index contributed by atoms with van der Waals surface area (Å²) in [7, 11) is 1.83. The fourth-order valence-electron chi connectivity index (χ4n) is 3.13. The van der Waals surface area contributed by atoms with Gasteiger partial charge in [-0.2, -0.15) is 9.47 Å². The van der Waals surface area contributed by atoms with Gasteiger partial charge in [-0.1, -0.05) is 45.4 Å². The first-order valence-electron chi connectivity index (χ1n) is 10.7. The van der Waals surface area contributed by atoms with E-state index in [1.54, 1.807) is 17.8 Å². The van der Waals surface area contributed by atoms with Gasteiger partial charge in [-0.25, -0.2) is 15.0 Å². The third kappa shape index (κ3) is 7.56. The summed E-state index contributed by atoms with van der Waals surface area (Å²) in [6.45, 7) is 3.57. The first-order valence-corrected chi connectivity index (χ1v) is 11.5. The van der Waals surface area contributed by atoms with E-state index >= 15 is 0 Å². The number of hydrogen-bond donors (Lipinski definition) is 3. The minimum absolute atomic E-state index is 0.0699. The number of nitrogens with zero attached hydrogens (tertiary/aromatic N) is 6. The van der Waals surface area contributed by atoms with Crippen molar-refractivity contribution in [3.63, 3.8) is 0 Å². The van der Waals surface area contributed by atoms with E-state index in [1.165, 1.54) is 56.3 Å². The third-order valence-electron chi connectivity index (χ3n) is 4.80. The maximum Gasteiger partial charge on any atom is 0.290 e. The van der Waals surface area contributed by atoms with E-state index in [2.05, 4.69) is 36.7 Å². The Kier molecular flexibility index (Phi) is 10.5. The average molecular weight is 462 g/mol. The summed E-state index contributed by atoms with van der Waals surface area (Å²) in [6.07, 6.45) is 13.9. The number of nitrogens with one attached hydrogen (secondary N) is 1. The van der Waals surface area contributed by atoms with Crippen LogP contribution in [0.25, 0.3) is 11.4 Å². The van der Waals surface area contributed by atoms with Crippen LogP contribution in [-0.2, 0) is 18.3 Å². The minimum Gasteiger partial charge on any atom is -0.504 e. The first kappa shape index (κ1) is 25.2. The second-order valence-electron chi connectivity index (χ2n) is 7.31. The van der Waals surface area contributed by atoms with Crippen LogP contribution in [0, 0.1) is 6.92 Å². The van der Waals surface area contributed by atoms with Crippen LogP contribution in [0.3, 0.4) is 0 Å². The Morgan fingerprint density at radius 2 is 1.78 bits per heavy atom. The van der Waals surface area contributed by atoms with Gasteiger partial charge in [0.2, 0.25) is 5.13 Å². The number of aryl methyl sites for hydroxylation is 3. The van der Waals surface area contributed by atoms with Gasteiger partial charge in [0.05, 0.1) is 23.7 Å². The van der Waals surface area contributed by atoms with E-state index in [1.807, 2.05) is 7.05 Å². The van der Waals surface area contributed by atoms with Gasteiger partial charge < -0.3 is 15.5 Å². The summed E-state index contributed by atoms with van der Waals surface area (Å²) in [5, 5.41) is 24.7. The van der Waals surface area contributed by atoms with Crippen molar-refractivity contribution >= 4 is 29.0 Å². The van der Waals surface area contributed by atoms with Gasteiger partial charge in [-0.05, 0) is 13.3 Å². The highest BCUT2D eigenvalue weighted by molar-refractivity contribution is 7.09. The van der Waals surface area contributed by atoms with Crippen LogP contribution in [0.4, 0.5) is 10.9 Å². The summed E-state index contributed by atoms with van der Waals surface area (Å²) in [5.74, 6) is 2.13. The van der Waals surface area contributed by atoms with E-state index < -0.39 is 0 Å². The van der Waals surface area contributed by atoms with Gasteiger partial charge in [0.1, 0.15) is 11.6 Å². The van der Waals surface area contributed by atoms with Crippen molar-refractivity contribution < 1.29 is 15.0 Å². The van der Waals surface area contributed by atoms with Crippen molar-refractivity contribution in [3.8, 4) is 17.1 Å². The van der Waals surface area contributed by atoms with E-state index in [-0.39, 0.29) is 12.2 Å². The van der Waals surface area contributed by atoms with Gasteiger partial charge in [0.15, 0.2) is 11.6 Å². The Bertz CT molecular complexity index is 959. The molecule has 0 aliphatic heterocycles. The molecule has 3 aromatic heterocycles. The molecule has 3 heterocycles. The molecule has 0 saturated heterocycles. The van der Waals surface area contributed by atoms with Crippen molar-refractivity contribution in [3.05, 3.63) is 23.9 Å². The summed E-state index contributed by atoms with van der Waals surface area (Å²) >= 11 is 1.31. The molecule has 0 aromatic carbocycles. The molecule has 11 heteroatoms. The number of aromatic nitrogens is 6. The maximum atomic E-state index is 9.58. The second-order valence-corrected chi connectivity index (χ2v) is 8.06. The summed E-state index contributed by atoms with van der Waals surface area (Å²) in [4.78, 5) is 21.3. The smallest absolute Gasteiger partial charge is 0.290 e. The van der Waals surface area contributed by atoms with Crippen molar-refractivity contribution in [2.75, 3.05) is 5.32 Å². The lowest BCUT2D eigenvalue weighted by atomic mass is 10.0. The fraction of sp³-hybridized carbons (Fsp3) is 0.524. The molecule has 10 nitrogen and oxygen atoms in total. The van der Waals surface area contributed by atoms with Gasteiger partial charge in [-0.3, -0.25) is 9.48 Å². The Hall–Kier alpha value is -3.08. The highest BCUT2D eigenvalue weighted by Crippen LogP contribution is 2.29. The number of carbonyl (C=O) groups is 1. The Labute approximate surface area is 191 Å². The quantitative estimate of drug-likeness (QED) is 0.469. The molecule has 0 spiro atoms. The molecule has 0 radical (unpaired) electrons. The van der Waals surface area contributed by atoms with Crippen LogP contribution in [0.15, 0.2) is 12.4 Å². The fourth-order valence-corrected chi connectivity index (χ4v) is 3.74. The van der Waals surface area contributed by atoms with Crippen LogP contribution >= 0.6 is 11.5 Å². The number of rotatable bonds is 5. The van der Waals surface area contributed by atoms with Crippen molar-refractivity contribution in [1.82, 2.24) is 29.1 Å². The number of carboxylic acid groups (broad SMARTS) is 1. The topological polar surface area (TPSA) is 139 Å². The highest BCUT2D eigenvalue weighted by atomic mass is 32.1. The predicted molar refractivity (Wildman–Crippen MR) is 124 cm³/mol. The lowest BCUT2D eigenvalue weighted by Gasteiger charge is -2.06. The SMILES string of the molecule is C1CCCCC1.CCCc1nsc(Nc2c(-c3ncc(O)c(C)n3)cnn2C)n1.O=CO. The number of anilines is 2. The average Bonchev–Trinajstić information content (AvgIpc) is 3.40. The molecule has 174 valence electrons. The van der Waals surface area contributed by atoms with Crippen LogP contribution < -0.4 is 5.32 Å². The molecule has 0 amide bonds. The second kappa shape index (κ2) is 13.4.